The van der Waals surface area contributed by atoms with Crippen molar-refractivity contribution >= 4 is 5.78 Å². The Morgan fingerprint density at radius 1 is 1.21 bits per heavy atom. The second-order valence-electron chi connectivity index (χ2n) is 5.18. The van der Waals surface area contributed by atoms with Gasteiger partial charge in [0.2, 0.25) is 5.78 Å². The van der Waals surface area contributed by atoms with Gasteiger partial charge in [-0.05, 0) is 25.5 Å². The molecule has 0 radical (unpaired) electrons. The van der Waals surface area contributed by atoms with Crippen LogP contribution in [0.3, 0.4) is 0 Å². The maximum Gasteiger partial charge on any atom is 0.209 e. The summed E-state index contributed by atoms with van der Waals surface area (Å²) < 4.78 is 2.15. The number of hydrogen-bond acceptors (Lipinski definition) is 1. The molecule has 2 heteroatoms. The van der Waals surface area contributed by atoms with E-state index in [0.717, 1.165) is 24.2 Å². The molecule has 1 aromatic carbocycles. The molecule has 0 N–H and O–H groups in total. The quantitative estimate of drug-likeness (QED) is 0.601. The third-order valence-corrected chi connectivity index (χ3v) is 3.88. The van der Waals surface area contributed by atoms with Gasteiger partial charge >= 0.3 is 0 Å². The maximum atomic E-state index is 12.5. The van der Waals surface area contributed by atoms with Crippen LogP contribution in [0.15, 0.2) is 54.6 Å². The Bertz CT molecular complexity index is 637. The van der Waals surface area contributed by atoms with Crippen molar-refractivity contribution in [2.75, 3.05) is 0 Å². The van der Waals surface area contributed by atoms with E-state index in [0.29, 0.717) is 5.92 Å². The molecule has 2 heterocycles. The third-order valence-electron chi connectivity index (χ3n) is 3.88. The second kappa shape index (κ2) is 4.54. The standard InChI is InChI=1S/C17H17NO/c1-12(2)14-10-11-18-15(14)8-9-16(18)17(19)13-6-4-3-5-7-13/h3-9,14H,1,10-11H2,2H3. The average Bonchev–Trinajstić information content (AvgIpc) is 2.99. The minimum absolute atomic E-state index is 0.106. The van der Waals surface area contributed by atoms with E-state index in [1.807, 2.05) is 36.4 Å². The van der Waals surface area contributed by atoms with Crippen LogP contribution >= 0.6 is 0 Å². The molecule has 1 aromatic heterocycles. The molecule has 2 aromatic rings. The lowest BCUT2D eigenvalue weighted by atomic mass is 9.97. The van der Waals surface area contributed by atoms with Gasteiger partial charge in [0.25, 0.3) is 0 Å². The maximum absolute atomic E-state index is 12.5. The van der Waals surface area contributed by atoms with Crippen LogP contribution in [0.2, 0.25) is 0 Å². The zero-order valence-corrected chi connectivity index (χ0v) is 11.1. The van der Waals surface area contributed by atoms with Crippen molar-refractivity contribution in [1.82, 2.24) is 4.57 Å². The van der Waals surface area contributed by atoms with E-state index < -0.39 is 0 Å². The number of ketones is 1. The predicted molar refractivity (Wildman–Crippen MR) is 76.5 cm³/mol. The number of fused-ring (bicyclic) bond motifs is 1. The first-order valence-corrected chi connectivity index (χ1v) is 6.63. The van der Waals surface area contributed by atoms with E-state index in [2.05, 4.69) is 24.1 Å². The number of benzene rings is 1. The first-order valence-electron chi connectivity index (χ1n) is 6.63. The summed E-state index contributed by atoms with van der Waals surface area (Å²) in [6.45, 7) is 7.02. The average molecular weight is 251 g/mol. The molecule has 0 bridgehead atoms. The van der Waals surface area contributed by atoms with Crippen molar-refractivity contribution in [1.29, 1.82) is 0 Å². The molecule has 19 heavy (non-hydrogen) atoms. The number of carbonyl (C=O) groups excluding carboxylic acids is 1. The number of allylic oxidation sites excluding steroid dienone is 1. The second-order valence-corrected chi connectivity index (χ2v) is 5.18. The summed E-state index contributed by atoms with van der Waals surface area (Å²) >= 11 is 0. The molecule has 3 rings (SSSR count). The summed E-state index contributed by atoms with van der Waals surface area (Å²) in [6.07, 6.45) is 1.06. The van der Waals surface area contributed by atoms with Crippen molar-refractivity contribution in [2.45, 2.75) is 25.8 Å². The van der Waals surface area contributed by atoms with Crippen molar-refractivity contribution in [3.63, 3.8) is 0 Å². The van der Waals surface area contributed by atoms with E-state index in [-0.39, 0.29) is 5.78 Å². The van der Waals surface area contributed by atoms with Gasteiger partial charge in [-0.3, -0.25) is 4.79 Å². The van der Waals surface area contributed by atoms with Crippen molar-refractivity contribution in [3.05, 3.63) is 71.6 Å². The molecule has 1 aliphatic heterocycles. The predicted octanol–water partition coefficient (Wildman–Crippen LogP) is 3.78. The van der Waals surface area contributed by atoms with E-state index in [1.54, 1.807) is 0 Å². The lowest BCUT2D eigenvalue weighted by molar-refractivity contribution is 0.103. The first-order chi connectivity index (χ1) is 9.18. The molecule has 0 spiro atoms. The van der Waals surface area contributed by atoms with E-state index in [4.69, 9.17) is 0 Å². The van der Waals surface area contributed by atoms with Gasteiger partial charge in [-0.15, -0.1) is 0 Å². The summed E-state index contributed by atoms with van der Waals surface area (Å²) in [4.78, 5) is 12.5. The van der Waals surface area contributed by atoms with E-state index in [9.17, 15) is 4.79 Å². The van der Waals surface area contributed by atoms with Gasteiger partial charge in [0.15, 0.2) is 0 Å². The molecule has 0 aliphatic carbocycles. The van der Waals surface area contributed by atoms with Gasteiger partial charge in [0, 0.05) is 23.7 Å². The Hall–Kier alpha value is -2.09. The number of hydrogen-bond donors (Lipinski definition) is 0. The van der Waals surface area contributed by atoms with E-state index >= 15 is 0 Å². The smallest absolute Gasteiger partial charge is 0.209 e. The van der Waals surface area contributed by atoms with Crippen LogP contribution in [0.5, 0.6) is 0 Å². The Balaban J connectivity index is 1.99. The molecule has 0 fully saturated rings. The third kappa shape index (κ3) is 1.93. The lowest BCUT2D eigenvalue weighted by Crippen LogP contribution is -2.08. The highest BCUT2D eigenvalue weighted by Gasteiger charge is 2.27. The summed E-state index contributed by atoms with van der Waals surface area (Å²) in [7, 11) is 0. The van der Waals surface area contributed by atoms with Gasteiger partial charge in [-0.2, -0.15) is 0 Å². The molecular formula is C17H17NO. The van der Waals surface area contributed by atoms with Gasteiger partial charge in [-0.1, -0.05) is 42.5 Å². The molecule has 0 saturated carbocycles. The number of rotatable bonds is 3. The van der Waals surface area contributed by atoms with Gasteiger partial charge in [0.05, 0.1) is 5.69 Å². The summed E-state index contributed by atoms with van der Waals surface area (Å²) in [5, 5.41) is 0. The van der Waals surface area contributed by atoms with Crippen LogP contribution in [-0.4, -0.2) is 10.4 Å². The Morgan fingerprint density at radius 2 is 1.95 bits per heavy atom. The highest BCUT2D eigenvalue weighted by Crippen LogP contribution is 2.35. The van der Waals surface area contributed by atoms with Crippen LogP contribution in [0.1, 0.15) is 41.0 Å². The zero-order valence-electron chi connectivity index (χ0n) is 11.1. The summed E-state index contributed by atoms with van der Waals surface area (Å²) in [6, 6.07) is 13.5. The minimum atomic E-state index is 0.106. The monoisotopic (exact) mass is 251 g/mol. The summed E-state index contributed by atoms with van der Waals surface area (Å²) in [5.41, 5.74) is 3.95. The number of nitrogens with zero attached hydrogens (tertiary/aromatic N) is 1. The fourth-order valence-electron chi connectivity index (χ4n) is 2.88. The number of aromatic nitrogens is 1. The van der Waals surface area contributed by atoms with Crippen LogP contribution in [0.25, 0.3) is 0 Å². The van der Waals surface area contributed by atoms with Crippen LogP contribution in [0, 0.1) is 0 Å². The van der Waals surface area contributed by atoms with Crippen LogP contribution in [-0.2, 0) is 6.54 Å². The highest BCUT2D eigenvalue weighted by molar-refractivity contribution is 6.08. The SMILES string of the molecule is C=C(C)C1CCn2c(C(=O)c3ccccc3)ccc21. The molecule has 0 saturated heterocycles. The largest absolute Gasteiger partial charge is 0.341 e. The minimum Gasteiger partial charge on any atom is -0.341 e. The number of carbonyl (C=O) groups is 1. The van der Waals surface area contributed by atoms with Crippen LogP contribution in [0.4, 0.5) is 0 Å². The topological polar surface area (TPSA) is 22.0 Å². The van der Waals surface area contributed by atoms with E-state index in [1.165, 1.54) is 11.3 Å². The lowest BCUT2D eigenvalue weighted by Gasteiger charge is -2.08. The van der Waals surface area contributed by atoms with Crippen molar-refractivity contribution in [2.24, 2.45) is 0 Å². The molecule has 0 amide bonds. The van der Waals surface area contributed by atoms with Crippen molar-refractivity contribution in [3.8, 4) is 0 Å². The fraction of sp³-hybridized carbons (Fsp3) is 0.235. The van der Waals surface area contributed by atoms with Crippen LogP contribution < -0.4 is 0 Å². The molecule has 1 aliphatic rings. The van der Waals surface area contributed by atoms with Crippen molar-refractivity contribution < 1.29 is 4.79 Å². The fourth-order valence-corrected chi connectivity index (χ4v) is 2.88. The molecule has 1 atom stereocenters. The normalized spacial score (nSPS) is 17.2. The zero-order chi connectivity index (χ0) is 13.4. The van der Waals surface area contributed by atoms with Gasteiger partial charge in [-0.25, -0.2) is 0 Å². The molecule has 1 unspecified atom stereocenters. The Morgan fingerprint density at radius 3 is 2.63 bits per heavy atom. The molecule has 2 nitrogen and oxygen atoms in total. The molecule has 96 valence electrons. The molecular weight excluding hydrogens is 234 g/mol. The Labute approximate surface area is 113 Å². The van der Waals surface area contributed by atoms with Gasteiger partial charge in [0.1, 0.15) is 0 Å². The highest BCUT2D eigenvalue weighted by atomic mass is 16.1. The Kier molecular flexibility index (Phi) is 2.86. The first kappa shape index (κ1) is 12.0. The summed E-state index contributed by atoms with van der Waals surface area (Å²) in [5.74, 6) is 0.506. The van der Waals surface area contributed by atoms with Gasteiger partial charge < -0.3 is 4.57 Å².